The average molecular weight is 633 g/mol. The van der Waals surface area contributed by atoms with E-state index in [1.807, 2.05) is 30.3 Å². The average Bonchev–Trinajstić information content (AvgIpc) is 3.40. The number of carbonyl (C=O) groups is 1. The SMILES string of the molecule is COC1C=CC(CCNC(=O)C2(CCCCCSc3nc(N=O)cc(-c4ccccc4)n3)C3=C(CCC=C3)c3ccccc32)=CC1. The fourth-order valence-electron chi connectivity index (χ4n) is 6.82. The van der Waals surface area contributed by atoms with Gasteiger partial charge < -0.3 is 10.1 Å². The van der Waals surface area contributed by atoms with Gasteiger partial charge in [0.15, 0.2) is 5.16 Å². The minimum Gasteiger partial charge on any atom is -0.377 e. The summed E-state index contributed by atoms with van der Waals surface area (Å²) < 4.78 is 5.43. The van der Waals surface area contributed by atoms with Gasteiger partial charge in [-0.25, -0.2) is 4.98 Å². The molecule has 2 aromatic carbocycles. The standard InChI is InChI=1S/C38H40N4O3S/c1-45-29-20-18-27(19-21-29)22-24-39-36(43)38(32-16-8-6-14-30(32)31-15-7-9-17-33(31)38)23-10-3-11-25-46-37-40-34(26-35(41-37)42-44)28-12-4-2-5-13-28/h2,4-6,8-9,12-14,16-20,26,29H,3,7,10-11,15,21-25H2,1H3,(H,39,43). The van der Waals surface area contributed by atoms with Crippen LogP contribution in [0.1, 0.15) is 62.5 Å². The Hall–Kier alpha value is -4.14. The van der Waals surface area contributed by atoms with E-state index in [2.05, 4.69) is 75.1 Å². The third kappa shape index (κ3) is 6.83. The number of thioether (sulfide) groups is 1. The number of allylic oxidation sites excluding steroid dienone is 4. The highest BCUT2D eigenvalue weighted by atomic mass is 32.2. The number of rotatable bonds is 14. The van der Waals surface area contributed by atoms with Gasteiger partial charge in [-0.1, -0.05) is 115 Å². The normalized spacial score (nSPS) is 19.8. The van der Waals surface area contributed by atoms with E-state index in [0.29, 0.717) is 17.4 Å². The maximum atomic E-state index is 14.3. The molecule has 1 aromatic heterocycles. The highest BCUT2D eigenvalue weighted by Crippen LogP contribution is 2.52. The second-order valence-corrected chi connectivity index (χ2v) is 13.0. The molecule has 2 atom stereocenters. The predicted molar refractivity (Wildman–Crippen MR) is 186 cm³/mol. The number of unbranched alkanes of at least 4 members (excludes halogenated alkanes) is 2. The molecule has 3 aromatic rings. The van der Waals surface area contributed by atoms with E-state index in [9.17, 15) is 9.70 Å². The molecular formula is C38H40N4O3S. The van der Waals surface area contributed by atoms with Crippen molar-refractivity contribution < 1.29 is 9.53 Å². The summed E-state index contributed by atoms with van der Waals surface area (Å²) in [5.74, 6) is 1.05. The Bertz CT molecular complexity index is 1700. The van der Waals surface area contributed by atoms with Gasteiger partial charge in [0, 0.05) is 31.0 Å². The van der Waals surface area contributed by atoms with Crippen LogP contribution in [0.4, 0.5) is 5.82 Å². The van der Waals surface area contributed by atoms with Crippen LogP contribution < -0.4 is 5.32 Å². The minimum absolute atomic E-state index is 0.0982. The number of fused-ring (bicyclic) bond motifs is 2. The monoisotopic (exact) mass is 632 g/mol. The van der Waals surface area contributed by atoms with Gasteiger partial charge >= 0.3 is 0 Å². The molecule has 0 aliphatic heterocycles. The quantitative estimate of drug-likeness (QED) is 0.0827. The second kappa shape index (κ2) is 15.0. The van der Waals surface area contributed by atoms with E-state index < -0.39 is 5.41 Å². The van der Waals surface area contributed by atoms with Gasteiger partial charge in [-0.05, 0) is 66.0 Å². The van der Waals surface area contributed by atoms with E-state index in [1.165, 1.54) is 22.3 Å². The van der Waals surface area contributed by atoms with Gasteiger partial charge in [-0.15, -0.1) is 4.91 Å². The predicted octanol–water partition coefficient (Wildman–Crippen LogP) is 8.66. The number of carbonyl (C=O) groups excluding carboxylic acids is 1. The molecule has 3 aliphatic carbocycles. The fourth-order valence-corrected chi connectivity index (χ4v) is 7.68. The number of nitrogens with zero attached hydrogens (tertiary/aromatic N) is 3. The first-order valence-corrected chi connectivity index (χ1v) is 17.2. The van der Waals surface area contributed by atoms with Crippen LogP contribution in [0.15, 0.2) is 113 Å². The third-order valence-corrected chi connectivity index (χ3v) is 10.1. The molecule has 6 rings (SSSR count). The van der Waals surface area contributed by atoms with Crippen molar-refractivity contribution in [3.8, 4) is 11.3 Å². The van der Waals surface area contributed by atoms with Crippen LogP contribution in [-0.2, 0) is 14.9 Å². The molecule has 236 valence electrons. The van der Waals surface area contributed by atoms with Crippen molar-refractivity contribution in [3.63, 3.8) is 0 Å². The number of benzene rings is 2. The van der Waals surface area contributed by atoms with Gasteiger partial charge in [-0.2, -0.15) is 4.98 Å². The Morgan fingerprint density at radius 1 is 1.07 bits per heavy atom. The van der Waals surface area contributed by atoms with Crippen LogP contribution in [-0.4, -0.2) is 41.4 Å². The maximum absolute atomic E-state index is 14.3. The lowest BCUT2D eigenvalue weighted by molar-refractivity contribution is -0.125. The summed E-state index contributed by atoms with van der Waals surface area (Å²) in [5.41, 5.74) is 7.03. The van der Waals surface area contributed by atoms with Gasteiger partial charge in [0.1, 0.15) is 0 Å². The summed E-state index contributed by atoms with van der Waals surface area (Å²) in [6.07, 6.45) is 18.2. The fraction of sp³-hybridized carbons (Fsp3) is 0.342. The third-order valence-electron chi connectivity index (χ3n) is 9.15. The largest absolute Gasteiger partial charge is 0.377 e. The molecule has 8 heteroatoms. The molecule has 0 spiro atoms. The summed E-state index contributed by atoms with van der Waals surface area (Å²) in [4.78, 5) is 34.7. The van der Waals surface area contributed by atoms with E-state index in [0.717, 1.165) is 68.2 Å². The number of aromatic nitrogens is 2. The Balaban J connectivity index is 1.12. The Morgan fingerprint density at radius 3 is 2.72 bits per heavy atom. The lowest BCUT2D eigenvalue weighted by Crippen LogP contribution is -2.45. The van der Waals surface area contributed by atoms with Crippen molar-refractivity contribution in [1.29, 1.82) is 0 Å². The number of hydrogen-bond donors (Lipinski definition) is 1. The van der Waals surface area contributed by atoms with Crippen molar-refractivity contribution in [3.05, 3.63) is 118 Å². The van der Waals surface area contributed by atoms with Gasteiger partial charge in [0.05, 0.1) is 17.2 Å². The maximum Gasteiger partial charge on any atom is 0.235 e. The number of amides is 1. The lowest BCUT2D eigenvalue weighted by atomic mass is 9.71. The Labute approximate surface area is 275 Å². The zero-order valence-electron chi connectivity index (χ0n) is 26.3. The second-order valence-electron chi connectivity index (χ2n) is 11.9. The summed E-state index contributed by atoms with van der Waals surface area (Å²) in [7, 11) is 1.73. The molecule has 1 amide bonds. The minimum atomic E-state index is -0.689. The first-order chi connectivity index (χ1) is 22.6. The van der Waals surface area contributed by atoms with Crippen LogP contribution >= 0.6 is 11.8 Å². The van der Waals surface area contributed by atoms with Crippen molar-refractivity contribution >= 4 is 29.1 Å². The molecule has 46 heavy (non-hydrogen) atoms. The molecule has 1 heterocycles. The molecule has 0 radical (unpaired) electrons. The summed E-state index contributed by atoms with van der Waals surface area (Å²) in [6, 6.07) is 19.9. The molecule has 7 nitrogen and oxygen atoms in total. The van der Waals surface area contributed by atoms with Gasteiger partial charge in [0.2, 0.25) is 11.7 Å². The van der Waals surface area contributed by atoms with Gasteiger partial charge in [0.25, 0.3) is 0 Å². The lowest BCUT2D eigenvalue weighted by Gasteiger charge is -2.32. The molecule has 0 fully saturated rings. The first-order valence-electron chi connectivity index (χ1n) is 16.2. The number of nitrogens with one attached hydrogen (secondary N) is 1. The van der Waals surface area contributed by atoms with Crippen LogP contribution in [0, 0.1) is 4.91 Å². The van der Waals surface area contributed by atoms with Crippen LogP contribution in [0.2, 0.25) is 0 Å². The molecule has 0 saturated carbocycles. The van der Waals surface area contributed by atoms with Crippen molar-refractivity contribution in [2.24, 2.45) is 5.18 Å². The molecule has 0 bridgehead atoms. The van der Waals surface area contributed by atoms with E-state index in [1.54, 1.807) is 24.9 Å². The summed E-state index contributed by atoms with van der Waals surface area (Å²) >= 11 is 1.54. The topological polar surface area (TPSA) is 93.5 Å². The number of hydrogen-bond acceptors (Lipinski definition) is 7. The molecule has 2 unspecified atom stereocenters. The van der Waals surface area contributed by atoms with Crippen molar-refractivity contribution in [2.75, 3.05) is 19.4 Å². The first kappa shape index (κ1) is 31.8. The van der Waals surface area contributed by atoms with Crippen LogP contribution in [0.5, 0.6) is 0 Å². The number of ether oxygens (including phenoxy) is 1. The van der Waals surface area contributed by atoms with E-state index in [-0.39, 0.29) is 17.8 Å². The van der Waals surface area contributed by atoms with Gasteiger partial charge in [-0.3, -0.25) is 4.79 Å². The highest BCUT2D eigenvalue weighted by Gasteiger charge is 2.49. The Kier molecular flexibility index (Phi) is 10.4. The summed E-state index contributed by atoms with van der Waals surface area (Å²) in [6.45, 7) is 0.596. The van der Waals surface area contributed by atoms with E-state index in [4.69, 9.17) is 4.74 Å². The summed E-state index contributed by atoms with van der Waals surface area (Å²) in [5, 5.41) is 6.98. The number of nitroso groups, excluding NO2 is 1. The molecule has 0 saturated heterocycles. The molecular weight excluding hydrogens is 593 g/mol. The molecule has 3 aliphatic rings. The van der Waals surface area contributed by atoms with Crippen LogP contribution in [0.3, 0.4) is 0 Å². The zero-order valence-corrected chi connectivity index (χ0v) is 27.1. The van der Waals surface area contributed by atoms with Crippen LogP contribution in [0.25, 0.3) is 16.8 Å². The van der Waals surface area contributed by atoms with Crippen molar-refractivity contribution in [1.82, 2.24) is 15.3 Å². The van der Waals surface area contributed by atoms with Crippen molar-refractivity contribution in [2.45, 2.75) is 68.0 Å². The van der Waals surface area contributed by atoms with E-state index >= 15 is 0 Å². The number of methoxy groups -OCH3 is 1. The Morgan fingerprint density at radius 2 is 1.91 bits per heavy atom. The highest BCUT2D eigenvalue weighted by molar-refractivity contribution is 7.99. The zero-order chi connectivity index (χ0) is 31.8. The molecule has 1 N–H and O–H groups in total. The smallest absolute Gasteiger partial charge is 0.235 e.